The van der Waals surface area contributed by atoms with E-state index >= 15 is 0 Å². The third-order valence-electron chi connectivity index (χ3n) is 3.81. The fraction of sp³-hybridized carbons (Fsp3) is 0.143. The van der Waals surface area contributed by atoms with Gasteiger partial charge in [-0.1, -0.05) is 6.07 Å². The van der Waals surface area contributed by atoms with Crippen LogP contribution in [0.1, 0.15) is 34.6 Å². The van der Waals surface area contributed by atoms with E-state index < -0.39 is 17.8 Å². The van der Waals surface area contributed by atoms with Crippen molar-refractivity contribution < 1.29 is 23.9 Å². The lowest BCUT2D eigenvalue weighted by Gasteiger charge is -2.07. The molecule has 0 fully saturated rings. The first-order valence-corrected chi connectivity index (χ1v) is 8.40. The molecule has 0 saturated heterocycles. The molecule has 0 bridgehead atoms. The second kappa shape index (κ2) is 9.27. The molecule has 0 aliphatic carbocycles. The summed E-state index contributed by atoms with van der Waals surface area (Å²) in [5, 5.41) is 5.24. The summed E-state index contributed by atoms with van der Waals surface area (Å²) in [6.45, 7) is 2.96. The van der Waals surface area contributed by atoms with Crippen molar-refractivity contribution in [2.75, 3.05) is 17.7 Å². The fourth-order valence-electron chi connectivity index (χ4n) is 2.30. The van der Waals surface area contributed by atoms with Gasteiger partial charge in [-0.2, -0.15) is 0 Å². The Balaban J connectivity index is 2.01. The van der Waals surface area contributed by atoms with Gasteiger partial charge in [0.05, 0.1) is 12.7 Å². The highest BCUT2D eigenvalue weighted by atomic mass is 16.5. The summed E-state index contributed by atoms with van der Waals surface area (Å²) in [5.41, 5.74) is 1.93. The minimum absolute atomic E-state index is 0.0680. The Bertz CT molecular complexity index is 946. The minimum atomic E-state index is -0.515. The summed E-state index contributed by atoms with van der Waals surface area (Å²) in [6.07, 6.45) is 1.17. The molecule has 0 aliphatic heterocycles. The molecule has 2 N–H and O–H groups in total. The number of ether oxygens (including phenoxy) is 1. The van der Waals surface area contributed by atoms with Gasteiger partial charge in [-0.05, 0) is 56.3 Å². The van der Waals surface area contributed by atoms with Crippen LogP contribution >= 0.6 is 0 Å². The van der Waals surface area contributed by atoms with Gasteiger partial charge in [-0.15, -0.1) is 0 Å². The summed E-state index contributed by atoms with van der Waals surface area (Å²) < 4.78 is 4.64. The van der Waals surface area contributed by atoms with Crippen LogP contribution in [-0.2, 0) is 14.3 Å². The van der Waals surface area contributed by atoms with Crippen LogP contribution in [0.2, 0.25) is 0 Å². The van der Waals surface area contributed by atoms with Gasteiger partial charge in [0.25, 0.3) is 5.91 Å². The predicted molar refractivity (Wildman–Crippen MR) is 105 cm³/mol. The number of ketones is 1. The molecule has 0 heterocycles. The van der Waals surface area contributed by atoms with E-state index in [0.29, 0.717) is 22.5 Å². The molecule has 144 valence electrons. The Morgan fingerprint density at radius 2 is 1.54 bits per heavy atom. The summed E-state index contributed by atoms with van der Waals surface area (Å²) in [4.78, 5) is 47.1. The van der Waals surface area contributed by atoms with Gasteiger partial charge in [0.2, 0.25) is 5.91 Å². The van der Waals surface area contributed by atoms with E-state index in [4.69, 9.17) is 0 Å². The van der Waals surface area contributed by atoms with E-state index in [1.807, 2.05) is 0 Å². The zero-order valence-corrected chi connectivity index (χ0v) is 15.7. The number of nitrogens with one attached hydrogen (secondary N) is 2. The lowest BCUT2D eigenvalue weighted by Crippen LogP contribution is -2.16. The number of Topliss-reactive ketones (excluding diaryl/α,β-unsaturated/α-hetero) is 1. The molecule has 0 spiro atoms. The van der Waals surface area contributed by atoms with Crippen LogP contribution in [0, 0.1) is 0 Å². The normalized spacial score (nSPS) is 10.8. The number of carbonyl (C=O) groups is 4. The molecule has 7 nitrogen and oxygen atoms in total. The first-order valence-electron chi connectivity index (χ1n) is 8.40. The van der Waals surface area contributed by atoms with Crippen molar-refractivity contribution in [3.05, 3.63) is 71.3 Å². The first kappa shape index (κ1) is 20.6. The second-order valence-electron chi connectivity index (χ2n) is 5.98. The van der Waals surface area contributed by atoms with Gasteiger partial charge in [0, 0.05) is 28.6 Å². The first-order chi connectivity index (χ1) is 13.3. The molecule has 28 heavy (non-hydrogen) atoms. The van der Waals surface area contributed by atoms with Gasteiger partial charge in [0.15, 0.2) is 5.78 Å². The predicted octanol–water partition coefficient (Wildman–Crippen LogP) is 3.20. The molecule has 0 saturated carbocycles. The molecule has 2 aromatic carbocycles. The Kier molecular flexibility index (Phi) is 6.81. The van der Waals surface area contributed by atoms with Crippen LogP contribution in [0.4, 0.5) is 11.4 Å². The Labute approximate surface area is 162 Å². The van der Waals surface area contributed by atoms with E-state index in [2.05, 4.69) is 15.4 Å². The lowest BCUT2D eigenvalue weighted by atomic mass is 10.1. The van der Waals surface area contributed by atoms with Gasteiger partial charge in [-0.25, -0.2) is 4.79 Å². The average molecular weight is 380 g/mol. The topological polar surface area (TPSA) is 102 Å². The average Bonchev–Trinajstić information content (AvgIpc) is 2.67. The van der Waals surface area contributed by atoms with Crippen molar-refractivity contribution >= 4 is 34.9 Å². The number of rotatable bonds is 6. The molecule has 0 aromatic heterocycles. The van der Waals surface area contributed by atoms with E-state index in [-0.39, 0.29) is 11.4 Å². The number of anilines is 2. The largest absolute Gasteiger partial charge is 0.465 e. The van der Waals surface area contributed by atoms with Crippen molar-refractivity contribution in [3.8, 4) is 0 Å². The van der Waals surface area contributed by atoms with E-state index in [0.717, 1.165) is 0 Å². The van der Waals surface area contributed by atoms with Gasteiger partial charge < -0.3 is 15.4 Å². The highest BCUT2D eigenvalue weighted by Gasteiger charge is 2.10. The number of amides is 2. The lowest BCUT2D eigenvalue weighted by molar-refractivity contribution is -0.114. The number of methoxy groups -OCH3 is 1. The maximum Gasteiger partial charge on any atom is 0.337 e. The van der Waals surface area contributed by atoms with Crippen LogP contribution in [0.15, 0.2) is 60.2 Å². The molecule has 0 aliphatic rings. The second-order valence-corrected chi connectivity index (χ2v) is 5.98. The smallest absolute Gasteiger partial charge is 0.337 e. The molecule has 2 amide bonds. The summed E-state index contributed by atoms with van der Waals surface area (Å²) in [7, 11) is 1.27. The Hall–Kier alpha value is -3.74. The molecule has 2 aromatic rings. The zero-order valence-electron chi connectivity index (χ0n) is 15.7. The molecular formula is C21H20N2O5. The van der Waals surface area contributed by atoms with Crippen molar-refractivity contribution in [3.63, 3.8) is 0 Å². The highest BCUT2D eigenvalue weighted by molar-refractivity contribution is 6.10. The van der Waals surface area contributed by atoms with Gasteiger partial charge >= 0.3 is 5.97 Å². The quantitative estimate of drug-likeness (QED) is 0.455. The number of hydrogen-bond acceptors (Lipinski definition) is 5. The number of hydrogen-bond donors (Lipinski definition) is 2. The number of carbonyl (C=O) groups excluding carboxylic acids is 4. The Morgan fingerprint density at radius 3 is 2.14 bits per heavy atom. The number of esters is 1. The minimum Gasteiger partial charge on any atom is -0.465 e. The maximum absolute atomic E-state index is 12.3. The van der Waals surface area contributed by atoms with Crippen LogP contribution in [-0.4, -0.2) is 30.7 Å². The maximum atomic E-state index is 12.3. The van der Waals surface area contributed by atoms with Crippen molar-refractivity contribution in [2.24, 2.45) is 0 Å². The highest BCUT2D eigenvalue weighted by Crippen LogP contribution is 2.13. The van der Waals surface area contributed by atoms with Crippen molar-refractivity contribution in [2.45, 2.75) is 13.8 Å². The summed E-state index contributed by atoms with van der Waals surface area (Å²) in [5.74, 6) is -1.55. The van der Waals surface area contributed by atoms with Crippen molar-refractivity contribution in [1.82, 2.24) is 0 Å². The monoisotopic (exact) mass is 380 g/mol. The Morgan fingerprint density at radius 1 is 0.857 bits per heavy atom. The third kappa shape index (κ3) is 5.63. The van der Waals surface area contributed by atoms with Crippen LogP contribution in [0.25, 0.3) is 0 Å². The zero-order chi connectivity index (χ0) is 20.7. The number of benzene rings is 2. The molecule has 2 rings (SSSR count). The van der Waals surface area contributed by atoms with E-state index in [1.54, 1.807) is 42.5 Å². The van der Waals surface area contributed by atoms with Crippen LogP contribution in [0.5, 0.6) is 0 Å². The van der Waals surface area contributed by atoms with Gasteiger partial charge in [0.1, 0.15) is 0 Å². The van der Waals surface area contributed by atoms with Gasteiger partial charge in [-0.3, -0.25) is 14.4 Å². The summed E-state index contributed by atoms with van der Waals surface area (Å²) in [6, 6.07) is 12.7. The molecule has 7 heteroatoms. The van der Waals surface area contributed by atoms with Crippen LogP contribution in [0.3, 0.4) is 0 Å². The van der Waals surface area contributed by atoms with E-state index in [9.17, 15) is 19.2 Å². The van der Waals surface area contributed by atoms with Crippen LogP contribution < -0.4 is 10.6 Å². The summed E-state index contributed by atoms with van der Waals surface area (Å²) >= 11 is 0. The molecular weight excluding hydrogens is 360 g/mol. The fourth-order valence-corrected chi connectivity index (χ4v) is 2.30. The van der Waals surface area contributed by atoms with E-state index in [1.165, 1.54) is 33.1 Å². The SMILES string of the molecule is COC(=O)c1cccc(NC(=O)/C(C)=C\C(=O)Nc2ccc(C(C)=O)cc2)c1. The third-order valence-corrected chi connectivity index (χ3v) is 3.81. The standard InChI is InChI=1S/C21H20N2O5/c1-13(11-19(25)22-17-9-7-15(8-10-17)14(2)24)20(26)23-18-6-4-5-16(12-18)21(27)28-3/h4-12H,1-3H3,(H,22,25)(H,23,26)/b13-11-. The van der Waals surface area contributed by atoms with Crippen molar-refractivity contribution in [1.29, 1.82) is 0 Å². The molecule has 0 radical (unpaired) electrons. The molecule has 0 unspecified atom stereocenters. The molecule has 0 atom stereocenters.